The van der Waals surface area contributed by atoms with Crippen LogP contribution in [0, 0.1) is 0 Å². The second kappa shape index (κ2) is 4.42. The molecule has 0 atom stereocenters. The van der Waals surface area contributed by atoms with Crippen molar-refractivity contribution in [1.29, 1.82) is 0 Å². The SMILES string of the molecule is CN1CCN(NN2Cc3cc(Cl)ncc32)CC1. The molecule has 3 heterocycles. The summed E-state index contributed by atoms with van der Waals surface area (Å²) in [7, 11) is 2.15. The average Bonchev–Trinajstić information content (AvgIpc) is 2.29. The van der Waals surface area contributed by atoms with Crippen LogP contribution >= 0.6 is 11.6 Å². The predicted molar refractivity (Wildman–Crippen MR) is 67.6 cm³/mol. The maximum atomic E-state index is 5.84. The molecule has 0 radical (unpaired) electrons. The van der Waals surface area contributed by atoms with Gasteiger partial charge in [0, 0.05) is 31.7 Å². The number of piperazine rings is 1. The summed E-state index contributed by atoms with van der Waals surface area (Å²) in [5.41, 5.74) is 5.80. The smallest absolute Gasteiger partial charge is 0.129 e. The van der Waals surface area contributed by atoms with Crippen LogP contribution in [0.1, 0.15) is 5.56 Å². The summed E-state index contributed by atoms with van der Waals surface area (Å²) in [4.78, 5) is 6.44. The molecule has 3 rings (SSSR count). The molecule has 17 heavy (non-hydrogen) atoms. The molecule has 2 aliphatic rings. The summed E-state index contributed by atoms with van der Waals surface area (Å²) in [5.74, 6) is 0. The van der Waals surface area contributed by atoms with E-state index in [0.29, 0.717) is 5.15 Å². The molecule has 0 saturated carbocycles. The summed E-state index contributed by atoms with van der Waals surface area (Å²) in [6.45, 7) is 5.19. The quantitative estimate of drug-likeness (QED) is 0.786. The highest BCUT2D eigenvalue weighted by molar-refractivity contribution is 6.29. The monoisotopic (exact) mass is 253 g/mol. The fraction of sp³-hybridized carbons (Fsp3) is 0.545. The average molecular weight is 254 g/mol. The predicted octanol–water partition coefficient (Wildman–Crippen LogP) is 0.722. The van der Waals surface area contributed by atoms with Gasteiger partial charge in [-0.25, -0.2) is 9.99 Å². The maximum absolute atomic E-state index is 5.84. The fourth-order valence-corrected chi connectivity index (χ4v) is 2.34. The van der Waals surface area contributed by atoms with Gasteiger partial charge in [-0.3, -0.25) is 5.01 Å². The summed E-state index contributed by atoms with van der Waals surface area (Å²) in [5, 5.41) is 4.93. The molecule has 0 unspecified atom stereocenters. The maximum Gasteiger partial charge on any atom is 0.129 e. The van der Waals surface area contributed by atoms with Crippen LogP contribution in [0.4, 0.5) is 5.69 Å². The Bertz CT molecular complexity index is 416. The van der Waals surface area contributed by atoms with E-state index in [1.165, 1.54) is 5.56 Å². The molecule has 6 heteroatoms. The zero-order valence-corrected chi connectivity index (χ0v) is 10.6. The number of nitrogens with one attached hydrogen (secondary N) is 1. The number of rotatable bonds is 2. The third kappa shape index (κ3) is 2.24. The molecule has 1 fully saturated rings. The van der Waals surface area contributed by atoms with Crippen LogP contribution in [0.2, 0.25) is 5.15 Å². The Kier molecular flexibility index (Phi) is 2.92. The number of hydrazine groups is 2. The van der Waals surface area contributed by atoms with Crippen LogP contribution in [0.3, 0.4) is 0 Å². The number of aromatic nitrogens is 1. The number of hydrogen-bond acceptors (Lipinski definition) is 5. The van der Waals surface area contributed by atoms with Gasteiger partial charge < -0.3 is 4.90 Å². The number of halogens is 1. The van der Waals surface area contributed by atoms with Crippen LogP contribution in [0.15, 0.2) is 12.3 Å². The number of hydrogen-bond donors (Lipinski definition) is 1. The van der Waals surface area contributed by atoms with Crippen molar-refractivity contribution in [1.82, 2.24) is 20.4 Å². The molecule has 0 bridgehead atoms. The van der Waals surface area contributed by atoms with Crippen molar-refractivity contribution in [3.8, 4) is 0 Å². The van der Waals surface area contributed by atoms with E-state index < -0.39 is 0 Å². The van der Waals surface area contributed by atoms with Crippen LogP contribution in [0.5, 0.6) is 0 Å². The van der Waals surface area contributed by atoms with Crippen molar-refractivity contribution in [2.75, 3.05) is 38.2 Å². The first-order chi connectivity index (χ1) is 8.22. The fourth-order valence-electron chi connectivity index (χ4n) is 2.16. The van der Waals surface area contributed by atoms with Gasteiger partial charge in [-0.15, -0.1) is 0 Å². The van der Waals surface area contributed by atoms with Crippen molar-refractivity contribution in [2.45, 2.75) is 6.54 Å². The molecule has 5 nitrogen and oxygen atoms in total. The highest BCUT2D eigenvalue weighted by Gasteiger charge is 2.25. The van der Waals surface area contributed by atoms with Crippen molar-refractivity contribution in [3.05, 3.63) is 23.0 Å². The van der Waals surface area contributed by atoms with E-state index in [9.17, 15) is 0 Å². The van der Waals surface area contributed by atoms with E-state index in [4.69, 9.17) is 11.6 Å². The lowest BCUT2D eigenvalue weighted by atomic mass is 10.1. The van der Waals surface area contributed by atoms with Gasteiger partial charge in [0.1, 0.15) is 5.15 Å². The molecule has 1 N–H and O–H groups in total. The molecule has 0 aromatic carbocycles. The second-order valence-corrected chi connectivity index (χ2v) is 5.00. The first kappa shape index (κ1) is 11.2. The minimum absolute atomic E-state index is 0.572. The van der Waals surface area contributed by atoms with Gasteiger partial charge in [-0.1, -0.05) is 11.6 Å². The zero-order chi connectivity index (χ0) is 11.8. The number of pyridine rings is 1. The Hall–Kier alpha value is -0.880. The minimum Gasteiger partial charge on any atom is -0.304 e. The highest BCUT2D eigenvalue weighted by atomic mass is 35.5. The van der Waals surface area contributed by atoms with Gasteiger partial charge in [-0.05, 0) is 13.1 Å². The topological polar surface area (TPSA) is 34.6 Å². The number of anilines is 1. The summed E-state index contributed by atoms with van der Waals surface area (Å²) in [6.07, 6.45) is 1.82. The van der Waals surface area contributed by atoms with Crippen molar-refractivity contribution >= 4 is 17.3 Å². The Morgan fingerprint density at radius 2 is 2.06 bits per heavy atom. The van der Waals surface area contributed by atoms with Crippen molar-refractivity contribution in [3.63, 3.8) is 0 Å². The summed E-state index contributed by atoms with van der Waals surface area (Å²) < 4.78 is 0. The minimum atomic E-state index is 0.572. The van der Waals surface area contributed by atoms with Crippen LogP contribution in [0.25, 0.3) is 0 Å². The molecule has 92 valence electrons. The zero-order valence-electron chi connectivity index (χ0n) is 9.86. The summed E-state index contributed by atoms with van der Waals surface area (Å²) in [6, 6.07) is 1.93. The Labute approximate surface area is 106 Å². The van der Waals surface area contributed by atoms with E-state index in [-0.39, 0.29) is 0 Å². The lowest BCUT2D eigenvalue weighted by Crippen LogP contribution is -2.58. The van der Waals surface area contributed by atoms with Gasteiger partial charge in [-0.2, -0.15) is 5.53 Å². The standard InChI is InChI=1S/C11H16ClN5/c1-15-2-4-16(5-3-15)14-17-8-9-6-11(12)13-7-10(9)17/h6-7,14H,2-5,8H2,1H3. The molecule has 2 aliphatic heterocycles. The molecular weight excluding hydrogens is 238 g/mol. The molecule has 1 aromatic heterocycles. The van der Waals surface area contributed by atoms with Gasteiger partial charge in [0.25, 0.3) is 0 Å². The lowest BCUT2D eigenvalue weighted by molar-refractivity contribution is 0.0960. The van der Waals surface area contributed by atoms with Crippen molar-refractivity contribution < 1.29 is 0 Å². The Morgan fingerprint density at radius 3 is 2.76 bits per heavy atom. The van der Waals surface area contributed by atoms with Gasteiger partial charge in [0.2, 0.25) is 0 Å². The third-order valence-electron chi connectivity index (χ3n) is 3.32. The first-order valence-corrected chi connectivity index (χ1v) is 6.22. The van der Waals surface area contributed by atoms with E-state index in [2.05, 4.69) is 32.5 Å². The number of fused-ring (bicyclic) bond motifs is 1. The molecule has 0 spiro atoms. The van der Waals surface area contributed by atoms with Gasteiger partial charge in [0.05, 0.1) is 18.4 Å². The number of likely N-dealkylation sites (N-methyl/N-ethyl adjacent to an activating group) is 1. The van der Waals surface area contributed by atoms with Crippen LogP contribution in [-0.4, -0.2) is 48.1 Å². The largest absolute Gasteiger partial charge is 0.304 e. The number of nitrogens with zero attached hydrogens (tertiary/aromatic N) is 4. The van der Waals surface area contributed by atoms with Crippen molar-refractivity contribution in [2.24, 2.45) is 0 Å². The van der Waals surface area contributed by atoms with Crippen LogP contribution < -0.4 is 10.5 Å². The second-order valence-electron chi connectivity index (χ2n) is 4.61. The molecule has 1 saturated heterocycles. The molecule has 0 amide bonds. The Morgan fingerprint density at radius 1 is 1.29 bits per heavy atom. The third-order valence-corrected chi connectivity index (χ3v) is 3.52. The van der Waals surface area contributed by atoms with Gasteiger partial charge >= 0.3 is 0 Å². The molecule has 0 aliphatic carbocycles. The van der Waals surface area contributed by atoms with E-state index >= 15 is 0 Å². The Balaban J connectivity index is 1.60. The first-order valence-electron chi connectivity index (χ1n) is 5.84. The highest BCUT2D eigenvalue weighted by Crippen LogP contribution is 2.31. The lowest BCUT2D eigenvalue weighted by Gasteiger charge is -2.42. The normalized spacial score (nSPS) is 21.2. The van der Waals surface area contributed by atoms with E-state index in [0.717, 1.165) is 38.4 Å². The van der Waals surface area contributed by atoms with Crippen LogP contribution in [-0.2, 0) is 6.54 Å². The molecular formula is C11H16ClN5. The summed E-state index contributed by atoms with van der Waals surface area (Å²) >= 11 is 5.84. The molecule has 1 aromatic rings. The van der Waals surface area contributed by atoms with Gasteiger partial charge in [0.15, 0.2) is 0 Å². The van der Waals surface area contributed by atoms with E-state index in [1.807, 2.05) is 12.3 Å². The van der Waals surface area contributed by atoms with E-state index in [1.54, 1.807) is 0 Å².